The second-order valence-electron chi connectivity index (χ2n) is 4.09. The Morgan fingerprint density at radius 2 is 2.33 bits per heavy atom. The van der Waals surface area contributed by atoms with Gasteiger partial charge >= 0.3 is 0 Å². The molecule has 1 fully saturated rings. The van der Waals surface area contributed by atoms with E-state index in [2.05, 4.69) is 15.9 Å². The van der Waals surface area contributed by atoms with Gasteiger partial charge in [-0.25, -0.2) is 0 Å². The molecule has 15 heavy (non-hydrogen) atoms. The van der Waals surface area contributed by atoms with E-state index in [1.165, 1.54) is 19.3 Å². The molecule has 0 bridgehead atoms. The van der Waals surface area contributed by atoms with Crippen molar-refractivity contribution >= 4 is 21.8 Å². The number of rotatable bonds is 3. The normalized spacial score (nSPS) is 16.1. The SMILES string of the molecule is CN(CC1CCC1)C(=O)c1ccc(Br)o1. The Morgan fingerprint density at radius 3 is 2.80 bits per heavy atom. The van der Waals surface area contributed by atoms with E-state index in [0.717, 1.165) is 6.54 Å². The van der Waals surface area contributed by atoms with E-state index in [4.69, 9.17) is 4.42 Å². The lowest BCUT2D eigenvalue weighted by molar-refractivity contribution is 0.0712. The molecule has 0 aliphatic heterocycles. The van der Waals surface area contributed by atoms with E-state index in [0.29, 0.717) is 16.3 Å². The van der Waals surface area contributed by atoms with E-state index in [1.807, 2.05) is 7.05 Å². The van der Waals surface area contributed by atoms with E-state index in [9.17, 15) is 4.79 Å². The monoisotopic (exact) mass is 271 g/mol. The van der Waals surface area contributed by atoms with Crippen LogP contribution in [0.2, 0.25) is 0 Å². The highest BCUT2D eigenvalue weighted by molar-refractivity contribution is 9.10. The number of amides is 1. The Balaban J connectivity index is 1.94. The molecule has 0 N–H and O–H groups in total. The quantitative estimate of drug-likeness (QED) is 0.847. The van der Waals surface area contributed by atoms with Crippen LogP contribution in [-0.4, -0.2) is 24.4 Å². The van der Waals surface area contributed by atoms with E-state index in [1.54, 1.807) is 17.0 Å². The Morgan fingerprint density at radius 1 is 1.60 bits per heavy atom. The van der Waals surface area contributed by atoms with Crippen molar-refractivity contribution in [3.63, 3.8) is 0 Å². The molecule has 82 valence electrons. The lowest BCUT2D eigenvalue weighted by Gasteiger charge is -2.29. The van der Waals surface area contributed by atoms with Crippen LogP contribution in [0.3, 0.4) is 0 Å². The third kappa shape index (κ3) is 2.43. The van der Waals surface area contributed by atoms with Crippen LogP contribution in [0, 0.1) is 5.92 Å². The predicted molar refractivity (Wildman–Crippen MR) is 60.7 cm³/mol. The fraction of sp³-hybridized carbons (Fsp3) is 0.545. The average molecular weight is 272 g/mol. The fourth-order valence-electron chi connectivity index (χ4n) is 1.76. The maximum atomic E-state index is 11.8. The van der Waals surface area contributed by atoms with Gasteiger partial charge in [-0.15, -0.1) is 0 Å². The first-order valence-corrected chi connectivity index (χ1v) is 5.97. The van der Waals surface area contributed by atoms with Gasteiger partial charge in [-0.1, -0.05) is 6.42 Å². The Hall–Kier alpha value is -0.770. The first-order valence-electron chi connectivity index (χ1n) is 5.17. The summed E-state index contributed by atoms with van der Waals surface area (Å²) in [6, 6.07) is 3.44. The summed E-state index contributed by atoms with van der Waals surface area (Å²) in [5.41, 5.74) is 0. The second kappa shape index (κ2) is 4.39. The Bertz CT molecular complexity index is 357. The third-order valence-corrected chi connectivity index (χ3v) is 3.31. The summed E-state index contributed by atoms with van der Waals surface area (Å²) in [7, 11) is 1.83. The summed E-state index contributed by atoms with van der Waals surface area (Å²) < 4.78 is 5.83. The predicted octanol–water partition coefficient (Wildman–Crippen LogP) is 2.91. The van der Waals surface area contributed by atoms with Crippen LogP contribution in [0.5, 0.6) is 0 Å². The third-order valence-electron chi connectivity index (χ3n) is 2.89. The topological polar surface area (TPSA) is 33.5 Å². The second-order valence-corrected chi connectivity index (χ2v) is 4.87. The van der Waals surface area contributed by atoms with Gasteiger partial charge in [0, 0.05) is 13.6 Å². The van der Waals surface area contributed by atoms with Gasteiger partial charge in [0.2, 0.25) is 0 Å². The van der Waals surface area contributed by atoms with Gasteiger partial charge in [0.25, 0.3) is 5.91 Å². The van der Waals surface area contributed by atoms with Crippen LogP contribution in [-0.2, 0) is 0 Å². The van der Waals surface area contributed by atoms with Crippen LogP contribution in [0.4, 0.5) is 0 Å². The van der Waals surface area contributed by atoms with Gasteiger partial charge in [-0.3, -0.25) is 4.79 Å². The van der Waals surface area contributed by atoms with Crippen molar-refractivity contribution < 1.29 is 9.21 Å². The smallest absolute Gasteiger partial charge is 0.289 e. The van der Waals surface area contributed by atoms with Crippen LogP contribution in [0.25, 0.3) is 0 Å². The van der Waals surface area contributed by atoms with Crippen molar-refractivity contribution in [2.45, 2.75) is 19.3 Å². The van der Waals surface area contributed by atoms with Crippen molar-refractivity contribution in [3.05, 3.63) is 22.6 Å². The lowest BCUT2D eigenvalue weighted by Crippen LogP contribution is -2.34. The van der Waals surface area contributed by atoms with Crippen molar-refractivity contribution in [1.82, 2.24) is 4.90 Å². The standard InChI is InChI=1S/C11H14BrNO2/c1-13(7-8-3-2-4-8)11(14)9-5-6-10(12)15-9/h5-6,8H,2-4,7H2,1H3. The molecule has 2 rings (SSSR count). The summed E-state index contributed by atoms with van der Waals surface area (Å²) >= 11 is 3.19. The molecule has 0 aromatic carbocycles. The van der Waals surface area contributed by atoms with E-state index in [-0.39, 0.29) is 5.91 Å². The molecule has 1 aromatic rings. The van der Waals surface area contributed by atoms with Gasteiger partial charge in [0.05, 0.1) is 0 Å². The zero-order valence-electron chi connectivity index (χ0n) is 8.70. The molecule has 0 saturated heterocycles. The van der Waals surface area contributed by atoms with Gasteiger partial charge in [0.15, 0.2) is 10.4 Å². The van der Waals surface area contributed by atoms with Crippen LogP contribution in [0.1, 0.15) is 29.8 Å². The van der Waals surface area contributed by atoms with Crippen LogP contribution < -0.4 is 0 Å². The first-order chi connectivity index (χ1) is 7.16. The minimum absolute atomic E-state index is 0.0346. The number of hydrogen-bond acceptors (Lipinski definition) is 2. The highest BCUT2D eigenvalue weighted by Crippen LogP contribution is 2.27. The summed E-state index contributed by atoms with van der Waals surface area (Å²) in [6.07, 6.45) is 3.80. The number of furan rings is 1. The van der Waals surface area contributed by atoms with Gasteiger partial charge < -0.3 is 9.32 Å². The largest absolute Gasteiger partial charge is 0.444 e. The van der Waals surface area contributed by atoms with Crippen molar-refractivity contribution in [3.8, 4) is 0 Å². The Labute approximate surface area is 97.6 Å². The van der Waals surface area contributed by atoms with Gasteiger partial charge in [0.1, 0.15) is 0 Å². The van der Waals surface area contributed by atoms with E-state index >= 15 is 0 Å². The molecule has 4 heteroatoms. The highest BCUT2D eigenvalue weighted by atomic mass is 79.9. The number of carbonyl (C=O) groups is 1. The first kappa shape index (κ1) is 10.7. The molecule has 1 aliphatic carbocycles. The number of halogens is 1. The molecule has 0 unspecified atom stereocenters. The summed E-state index contributed by atoms with van der Waals surface area (Å²) in [4.78, 5) is 13.6. The molecule has 1 saturated carbocycles. The molecule has 0 atom stereocenters. The van der Waals surface area contributed by atoms with Crippen LogP contribution >= 0.6 is 15.9 Å². The molecule has 1 amide bonds. The summed E-state index contributed by atoms with van der Waals surface area (Å²) in [5, 5.41) is 0. The minimum Gasteiger partial charge on any atom is -0.444 e. The summed E-state index contributed by atoms with van der Waals surface area (Å²) in [6.45, 7) is 0.844. The van der Waals surface area contributed by atoms with Crippen molar-refractivity contribution in [2.75, 3.05) is 13.6 Å². The highest BCUT2D eigenvalue weighted by Gasteiger charge is 2.23. The molecule has 0 spiro atoms. The van der Waals surface area contributed by atoms with Gasteiger partial charge in [-0.2, -0.15) is 0 Å². The molecule has 0 radical (unpaired) electrons. The minimum atomic E-state index is -0.0346. The Kier molecular flexibility index (Phi) is 3.14. The molecule has 1 aromatic heterocycles. The molecule has 1 aliphatic rings. The molecular weight excluding hydrogens is 258 g/mol. The molecule has 1 heterocycles. The summed E-state index contributed by atoms with van der Waals surface area (Å²) in [5.74, 6) is 1.06. The number of nitrogens with zero attached hydrogens (tertiary/aromatic N) is 1. The zero-order chi connectivity index (χ0) is 10.8. The maximum Gasteiger partial charge on any atom is 0.289 e. The lowest BCUT2D eigenvalue weighted by atomic mass is 9.85. The van der Waals surface area contributed by atoms with Crippen molar-refractivity contribution in [1.29, 1.82) is 0 Å². The number of hydrogen-bond donors (Lipinski definition) is 0. The number of carbonyl (C=O) groups excluding carboxylic acids is 1. The molecular formula is C11H14BrNO2. The van der Waals surface area contributed by atoms with E-state index < -0.39 is 0 Å². The zero-order valence-corrected chi connectivity index (χ0v) is 10.3. The maximum absolute atomic E-state index is 11.8. The average Bonchev–Trinajstić information content (AvgIpc) is 2.56. The molecule has 3 nitrogen and oxygen atoms in total. The fourth-order valence-corrected chi connectivity index (χ4v) is 2.07. The van der Waals surface area contributed by atoms with Crippen molar-refractivity contribution in [2.24, 2.45) is 5.92 Å². The van der Waals surface area contributed by atoms with Gasteiger partial charge in [-0.05, 0) is 46.8 Å². The van der Waals surface area contributed by atoms with Crippen LogP contribution in [0.15, 0.2) is 21.2 Å².